The Kier molecular flexibility index (Phi) is 4.59. The van der Waals surface area contributed by atoms with Gasteiger partial charge >= 0.3 is 5.91 Å². The molecule has 11 heteroatoms. The Hall–Kier alpha value is -2.24. The third-order valence-electron chi connectivity index (χ3n) is 2.82. The zero-order valence-electron chi connectivity index (χ0n) is 11.8. The molecule has 1 aliphatic rings. The predicted molar refractivity (Wildman–Crippen MR) is 80.7 cm³/mol. The lowest BCUT2D eigenvalue weighted by atomic mass is 10.2. The SMILES string of the molecule is CSN(C(=O)c1nc(N)c2c(n1)[N]C=N2)C(=O)[C@@H](N)[C@@H](C)O. The number of carbonyl (C=O) groups excluding carboxylic acids is 2. The van der Waals surface area contributed by atoms with Crippen molar-refractivity contribution in [3.8, 4) is 0 Å². The van der Waals surface area contributed by atoms with Gasteiger partial charge in [0.15, 0.2) is 17.3 Å². The smallest absolute Gasteiger partial charge is 0.308 e. The number of hydrogen-bond acceptors (Lipinski definition) is 9. The van der Waals surface area contributed by atoms with Crippen molar-refractivity contribution in [2.24, 2.45) is 10.7 Å². The van der Waals surface area contributed by atoms with E-state index in [0.29, 0.717) is 0 Å². The number of hydrogen-bond donors (Lipinski definition) is 3. The lowest BCUT2D eigenvalue weighted by Crippen LogP contribution is -2.48. The minimum absolute atomic E-state index is 0.0147. The van der Waals surface area contributed by atoms with Gasteiger partial charge < -0.3 is 16.6 Å². The summed E-state index contributed by atoms with van der Waals surface area (Å²) in [6.45, 7) is 1.35. The zero-order chi connectivity index (χ0) is 16.4. The molecule has 1 radical (unpaired) electrons. The van der Waals surface area contributed by atoms with E-state index in [1.165, 1.54) is 19.5 Å². The summed E-state index contributed by atoms with van der Waals surface area (Å²) in [5.41, 5.74) is 11.5. The van der Waals surface area contributed by atoms with Crippen LogP contribution in [0, 0.1) is 0 Å². The van der Waals surface area contributed by atoms with E-state index in [9.17, 15) is 14.7 Å². The lowest BCUT2D eigenvalue weighted by Gasteiger charge is -2.22. The molecule has 1 aromatic rings. The van der Waals surface area contributed by atoms with E-state index in [4.69, 9.17) is 11.5 Å². The van der Waals surface area contributed by atoms with Gasteiger partial charge in [0.25, 0.3) is 5.91 Å². The van der Waals surface area contributed by atoms with Gasteiger partial charge in [-0.15, -0.1) is 0 Å². The molecule has 117 valence electrons. The van der Waals surface area contributed by atoms with E-state index in [1.807, 2.05) is 0 Å². The molecular weight excluding hydrogens is 310 g/mol. The molecule has 0 spiro atoms. The Labute approximate surface area is 130 Å². The Morgan fingerprint density at radius 1 is 1.41 bits per heavy atom. The molecule has 2 atom stereocenters. The summed E-state index contributed by atoms with van der Waals surface area (Å²) in [5, 5.41) is 13.2. The van der Waals surface area contributed by atoms with Gasteiger partial charge in [-0.3, -0.25) is 9.59 Å². The Balaban J connectivity index is 2.30. The highest BCUT2D eigenvalue weighted by Gasteiger charge is 2.32. The fraction of sp³-hybridized carbons (Fsp3) is 0.364. The standard InChI is InChI=1S/C11H14N7O3S/c1-4(19)5(12)10(20)18(22-2)11(21)9-16-7(13)6-8(17-9)15-3-14-6/h3-5,19H,12H2,1-2H3,(H2,13,16,17)/t4-,5+/m1/s1. The summed E-state index contributed by atoms with van der Waals surface area (Å²) >= 11 is 0.826. The van der Waals surface area contributed by atoms with Crippen LogP contribution in [0.4, 0.5) is 17.3 Å². The minimum Gasteiger partial charge on any atom is -0.391 e. The quantitative estimate of drug-likeness (QED) is 0.589. The highest BCUT2D eigenvalue weighted by molar-refractivity contribution is 7.97. The third kappa shape index (κ3) is 2.86. The molecule has 10 nitrogen and oxygen atoms in total. The van der Waals surface area contributed by atoms with Gasteiger partial charge in [-0.05, 0) is 18.9 Å². The molecule has 0 saturated heterocycles. The maximum Gasteiger partial charge on any atom is 0.308 e. The average molecular weight is 324 g/mol. The van der Waals surface area contributed by atoms with E-state index >= 15 is 0 Å². The van der Waals surface area contributed by atoms with E-state index in [0.717, 1.165) is 16.3 Å². The molecule has 5 N–H and O–H groups in total. The lowest BCUT2D eigenvalue weighted by molar-refractivity contribution is -0.127. The van der Waals surface area contributed by atoms with Crippen LogP contribution in [0.1, 0.15) is 17.5 Å². The number of nitrogens with zero attached hydrogens (tertiary/aromatic N) is 5. The number of carbonyl (C=O) groups is 2. The number of fused-ring (bicyclic) bond motifs is 1. The maximum atomic E-state index is 12.4. The molecule has 2 rings (SSSR count). The summed E-state index contributed by atoms with van der Waals surface area (Å²) < 4.78 is 0.772. The van der Waals surface area contributed by atoms with Crippen LogP contribution in [-0.4, -0.2) is 55.9 Å². The topological polar surface area (TPSA) is 162 Å². The fourth-order valence-electron chi connectivity index (χ4n) is 1.62. The van der Waals surface area contributed by atoms with Crippen LogP contribution in [0.2, 0.25) is 0 Å². The number of aliphatic imine (C=N–C) groups is 1. The van der Waals surface area contributed by atoms with Gasteiger partial charge in [0, 0.05) is 6.26 Å². The molecule has 0 aliphatic carbocycles. The van der Waals surface area contributed by atoms with Crippen molar-refractivity contribution in [3.05, 3.63) is 5.82 Å². The van der Waals surface area contributed by atoms with E-state index < -0.39 is 24.0 Å². The second kappa shape index (κ2) is 6.25. The number of anilines is 1. The third-order valence-corrected chi connectivity index (χ3v) is 3.53. The van der Waals surface area contributed by atoms with Crippen LogP contribution in [0.15, 0.2) is 4.99 Å². The van der Waals surface area contributed by atoms with Crippen LogP contribution in [0.25, 0.3) is 0 Å². The Morgan fingerprint density at radius 2 is 2.09 bits per heavy atom. The number of aromatic nitrogens is 2. The molecule has 0 fully saturated rings. The zero-order valence-corrected chi connectivity index (χ0v) is 12.6. The van der Waals surface area contributed by atoms with Crippen molar-refractivity contribution in [1.82, 2.24) is 19.6 Å². The summed E-state index contributed by atoms with van der Waals surface area (Å²) in [4.78, 5) is 36.1. The summed E-state index contributed by atoms with van der Waals surface area (Å²) in [5.74, 6) is -1.72. The van der Waals surface area contributed by atoms with E-state index in [-0.39, 0.29) is 23.1 Å². The second-order valence-corrected chi connectivity index (χ2v) is 5.10. The van der Waals surface area contributed by atoms with Crippen LogP contribution in [0.3, 0.4) is 0 Å². The maximum absolute atomic E-state index is 12.4. The number of aliphatic hydroxyl groups is 1. The monoisotopic (exact) mass is 324 g/mol. The average Bonchev–Trinajstić information content (AvgIpc) is 2.95. The molecule has 0 aromatic carbocycles. The van der Waals surface area contributed by atoms with Gasteiger partial charge in [0.2, 0.25) is 5.82 Å². The normalized spacial score (nSPS) is 14.9. The molecule has 0 unspecified atom stereocenters. The van der Waals surface area contributed by atoms with Gasteiger partial charge in [-0.25, -0.2) is 24.6 Å². The molecule has 2 amide bonds. The van der Waals surface area contributed by atoms with Crippen LogP contribution in [0.5, 0.6) is 0 Å². The van der Waals surface area contributed by atoms with Crippen molar-refractivity contribution in [1.29, 1.82) is 0 Å². The first kappa shape index (κ1) is 16.1. The van der Waals surface area contributed by atoms with Crippen LogP contribution >= 0.6 is 11.9 Å². The number of imide groups is 1. The first-order chi connectivity index (χ1) is 10.4. The number of rotatable bonds is 4. The van der Waals surface area contributed by atoms with Crippen LogP contribution in [-0.2, 0) is 4.79 Å². The van der Waals surface area contributed by atoms with Crippen molar-refractivity contribution in [2.45, 2.75) is 19.1 Å². The largest absolute Gasteiger partial charge is 0.391 e. The Morgan fingerprint density at radius 3 is 2.68 bits per heavy atom. The summed E-state index contributed by atoms with van der Waals surface area (Å²) in [6.07, 6.45) is 1.64. The molecule has 22 heavy (non-hydrogen) atoms. The van der Waals surface area contributed by atoms with E-state index in [1.54, 1.807) is 0 Å². The number of aliphatic hydroxyl groups excluding tert-OH is 1. The fourth-order valence-corrected chi connectivity index (χ4v) is 2.17. The highest BCUT2D eigenvalue weighted by atomic mass is 32.2. The predicted octanol–water partition coefficient (Wildman–Crippen LogP) is -1.08. The van der Waals surface area contributed by atoms with Crippen LogP contribution < -0.4 is 16.8 Å². The second-order valence-electron chi connectivity index (χ2n) is 4.37. The van der Waals surface area contributed by atoms with E-state index in [2.05, 4.69) is 20.3 Å². The van der Waals surface area contributed by atoms with Gasteiger partial charge in [-0.1, -0.05) is 0 Å². The molecule has 2 heterocycles. The Bertz CT molecular complexity index is 649. The number of amides is 2. The molecule has 0 bridgehead atoms. The van der Waals surface area contributed by atoms with Crippen molar-refractivity contribution in [3.63, 3.8) is 0 Å². The summed E-state index contributed by atoms with van der Waals surface area (Å²) in [6, 6.07) is -1.24. The van der Waals surface area contributed by atoms with Crippen molar-refractivity contribution >= 4 is 47.4 Å². The first-order valence-electron chi connectivity index (χ1n) is 6.13. The van der Waals surface area contributed by atoms with Crippen molar-refractivity contribution in [2.75, 3.05) is 12.0 Å². The molecule has 1 aromatic heterocycles. The van der Waals surface area contributed by atoms with Gasteiger partial charge in [0.1, 0.15) is 12.4 Å². The van der Waals surface area contributed by atoms with Gasteiger partial charge in [-0.2, -0.15) is 0 Å². The summed E-state index contributed by atoms with van der Waals surface area (Å²) in [7, 11) is 0. The first-order valence-corrected chi connectivity index (χ1v) is 7.32. The minimum atomic E-state index is -1.24. The molecule has 0 saturated carbocycles. The van der Waals surface area contributed by atoms with Gasteiger partial charge in [0.05, 0.1) is 6.10 Å². The molecular formula is C11H14N7O3S. The number of nitrogen functional groups attached to an aromatic ring is 1. The number of nitrogens with two attached hydrogens (primary N) is 2. The van der Waals surface area contributed by atoms with Crippen molar-refractivity contribution < 1.29 is 14.7 Å². The highest BCUT2D eigenvalue weighted by Crippen LogP contribution is 2.31. The molecule has 1 aliphatic heterocycles.